The summed E-state index contributed by atoms with van der Waals surface area (Å²) in [6, 6.07) is 22.2. The lowest BCUT2D eigenvalue weighted by atomic mass is 9.85. The van der Waals surface area contributed by atoms with E-state index in [1.54, 1.807) is 0 Å². The highest BCUT2D eigenvalue weighted by molar-refractivity contribution is 6.31. The number of aryl methyl sites for hydroxylation is 1. The van der Waals surface area contributed by atoms with Crippen LogP contribution in [-0.2, 0) is 5.54 Å². The molecule has 0 aromatic heterocycles. The molecule has 0 amide bonds. The number of aliphatic imine (C=N–C) groups is 1. The first-order valence-electron chi connectivity index (χ1n) is 8.91. The van der Waals surface area contributed by atoms with E-state index in [2.05, 4.69) is 49.5 Å². The van der Waals surface area contributed by atoms with Crippen LogP contribution in [0.3, 0.4) is 0 Å². The summed E-state index contributed by atoms with van der Waals surface area (Å²) in [6.07, 6.45) is 0.740. The van der Waals surface area contributed by atoms with Gasteiger partial charge in [0.2, 0.25) is 0 Å². The third-order valence-corrected chi connectivity index (χ3v) is 5.50. The molecule has 0 saturated heterocycles. The molecular formula is C23H20Cl2N2. The molecule has 136 valence electrons. The lowest BCUT2D eigenvalue weighted by Crippen LogP contribution is -2.33. The zero-order valence-electron chi connectivity index (χ0n) is 15.3. The van der Waals surface area contributed by atoms with Crippen LogP contribution in [0.15, 0.2) is 71.7 Å². The van der Waals surface area contributed by atoms with Gasteiger partial charge in [0.1, 0.15) is 0 Å². The first-order chi connectivity index (χ1) is 12.9. The third-order valence-electron chi connectivity index (χ3n) is 5.00. The summed E-state index contributed by atoms with van der Waals surface area (Å²) in [5, 5.41) is 5.19. The lowest BCUT2D eigenvalue weighted by Gasteiger charge is -2.32. The quantitative estimate of drug-likeness (QED) is 0.489. The number of nitrogens with zero attached hydrogens (tertiary/aromatic N) is 1. The molecule has 3 aromatic rings. The predicted molar refractivity (Wildman–Crippen MR) is 116 cm³/mol. The van der Waals surface area contributed by atoms with Gasteiger partial charge in [0, 0.05) is 16.5 Å². The van der Waals surface area contributed by atoms with Crippen molar-refractivity contribution in [3.8, 4) is 0 Å². The van der Waals surface area contributed by atoms with Crippen LogP contribution in [0.4, 0.5) is 11.4 Å². The maximum atomic E-state index is 6.11. The van der Waals surface area contributed by atoms with Crippen LogP contribution < -0.4 is 5.32 Å². The second-order valence-corrected chi connectivity index (χ2v) is 8.10. The van der Waals surface area contributed by atoms with Gasteiger partial charge in [0.25, 0.3) is 0 Å². The molecule has 4 heteroatoms. The van der Waals surface area contributed by atoms with Gasteiger partial charge < -0.3 is 5.32 Å². The van der Waals surface area contributed by atoms with Gasteiger partial charge in [-0.05, 0) is 66.9 Å². The molecule has 27 heavy (non-hydrogen) atoms. The monoisotopic (exact) mass is 394 g/mol. The number of benzene rings is 3. The van der Waals surface area contributed by atoms with Crippen LogP contribution in [0, 0.1) is 6.92 Å². The fraction of sp³-hybridized carbons (Fsp3) is 0.174. The average molecular weight is 395 g/mol. The fourth-order valence-corrected chi connectivity index (χ4v) is 3.75. The lowest BCUT2D eigenvalue weighted by molar-refractivity contribution is 0.571. The number of halogens is 2. The minimum atomic E-state index is -0.316. The summed E-state index contributed by atoms with van der Waals surface area (Å²) >= 11 is 12.2. The maximum absolute atomic E-state index is 6.11. The highest BCUT2D eigenvalue weighted by Crippen LogP contribution is 2.39. The number of anilines is 1. The first-order valence-corrected chi connectivity index (χ1v) is 9.67. The first kappa shape index (κ1) is 18.1. The molecule has 0 bridgehead atoms. The Balaban J connectivity index is 1.86. The summed E-state index contributed by atoms with van der Waals surface area (Å²) in [5.74, 6) is 0. The van der Waals surface area contributed by atoms with E-state index < -0.39 is 0 Å². The van der Waals surface area contributed by atoms with Crippen molar-refractivity contribution in [1.29, 1.82) is 0 Å². The molecule has 4 rings (SSSR count). The molecule has 0 radical (unpaired) electrons. The Kier molecular flexibility index (Phi) is 4.71. The van der Waals surface area contributed by atoms with Gasteiger partial charge in [-0.3, -0.25) is 4.99 Å². The predicted octanol–water partition coefficient (Wildman–Crippen LogP) is 7.15. The zero-order chi connectivity index (χ0) is 19.0. The van der Waals surface area contributed by atoms with Crippen LogP contribution >= 0.6 is 23.2 Å². The fourth-order valence-electron chi connectivity index (χ4n) is 3.50. The van der Waals surface area contributed by atoms with Crippen molar-refractivity contribution in [2.75, 3.05) is 5.32 Å². The Morgan fingerprint density at radius 3 is 2.19 bits per heavy atom. The van der Waals surface area contributed by atoms with Gasteiger partial charge in [0.15, 0.2) is 0 Å². The Morgan fingerprint density at radius 2 is 1.52 bits per heavy atom. The minimum absolute atomic E-state index is 0.316. The number of fused-ring (bicyclic) bond motifs is 1. The van der Waals surface area contributed by atoms with Crippen molar-refractivity contribution in [3.05, 3.63) is 93.5 Å². The van der Waals surface area contributed by atoms with E-state index in [0.717, 1.165) is 39.1 Å². The van der Waals surface area contributed by atoms with E-state index >= 15 is 0 Å². The van der Waals surface area contributed by atoms with Crippen molar-refractivity contribution in [1.82, 2.24) is 0 Å². The van der Waals surface area contributed by atoms with Crippen LogP contribution in [0.1, 0.15) is 30.0 Å². The van der Waals surface area contributed by atoms with Gasteiger partial charge in [0.05, 0.1) is 22.6 Å². The van der Waals surface area contributed by atoms with E-state index in [9.17, 15) is 0 Å². The summed E-state index contributed by atoms with van der Waals surface area (Å²) in [6.45, 7) is 4.29. The van der Waals surface area contributed by atoms with Crippen molar-refractivity contribution in [3.63, 3.8) is 0 Å². The molecule has 1 heterocycles. The third kappa shape index (κ3) is 3.73. The molecule has 1 aliphatic rings. The summed E-state index contributed by atoms with van der Waals surface area (Å²) in [4.78, 5) is 5.02. The highest BCUT2D eigenvalue weighted by Gasteiger charge is 2.32. The molecule has 3 aromatic carbocycles. The SMILES string of the molecule is Cc1ccc2c(c1)N=C(c1ccc(Cl)cc1)CC(C)(c1ccc(Cl)cc1)N2. The van der Waals surface area contributed by atoms with Crippen molar-refractivity contribution >= 4 is 40.3 Å². The summed E-state index contributed by atoms with van der Waals surface area (Å²) < 4.78 is 0. The molecule has 0 aliphatic carbocycles. The van der Waals surface area contributed by atoms with Crippen molar-refractivity contribution in [2.24, 2.45) is 4.99 Å². The van der Waals surface area contributed by atoms with Gasteiger partial charge in [-0.15, -0.1) is 0 Å². The number of nitrogens with one attached hydrogen (secondary N) is 1. The largest absolute Gasteiger partial charge is 0.374 e. The standard InChI is InChI=1S/C23H20Cl2N2/c1-15-3-12-20-21(13-15)26-22(16-4-8-18(24)9-5-16)14-23(2,27-20)17-6-10-19(25)11-7-17/h3-13,27H,14H2,1-2H3. The average Bonchev–Trinajstić information content (AvgIpc) is 2.79. The molecule has 0 spiro atoms. The molecule has 1 unspecified atom stereocenters. The van der Waals surface area contributed by atoms with Crippen LogP contribution in [0.2, 0.25) is 10.0 Å². The molecule has 2 nitrogen and oxygen atoms in total. The van der Waals surface area contributed by atoms with Crippen molar-refractivity contribution in [2.45, 2.75) is 25.8 Å². The van der Waals surface area contributed by atoms with Crippen LogP contribution in [0.5, 0.6) is 0 Å². The maximum Gasteiger partial charge on any atom is 0.0867 e. The van der Waals surface area contributed by atoms with Gasteiger partial charge in [-0.1, -0.05) is 53.5 Å². The zero-order valence-corrected chi connectivity index (χ0v) is 16.8. The summed E-state index contributed by atoms with van der Waals surface area (Å²) in [5.41, 5.74) is 6.13. The molecule has 0 fully saturated rings. The van der Waals surface area contributed by atoms with Crippen LogP contribution in [0.25, 0.3) is 0 Å². The van der Waals surface area contributed by atoms with Crippen LogP contribution in [-0.4, -0.2) is 5.71 Å². The molecule has 1 atom stereocenters. The van der Waals surface area contributed by atoms with E-state index in [4.69, 9.17) is 28.2 Å². The minimum Gasteiger partial charge on any atom is -0.374 e. The van der Waals surface area contributed by atoms with E-state index in [1.807, 2.05) is 36.4 Å². The molecule has 0 saturated carbocycles. The Labute approximate surface area is 169 Å². The Bertz CT molecular complexity index is 1010. The summed E-state index contributed by atoms with van der Waals surface area (Å²) in [7, 11) is 0. The Hall–Kier alpha value is -2.29. The van der Waals surface area contributed by atoms with Crippen molar-refractivity contribution < 1.29 is 0 Å². The number of hydrogen-bond acceptors (Lipinski definition) is 2. The number of rotatable bonds is 2. The second kappa shape index (κ2) is 7.03. The van der Waals surface area contributed by atoms with E-state index in [0.29, 0.717) is 0 Å². The molecule has 1 N–H and O–H groups in total. The van der Waals surface area contributed by atoms with Gasteiger partial charge in [-0.2, -0.15) is 0 Å². The van der Waals surface area contributed by atoms with Gasteiger partial charge in [-0.25, -0.2) is 0 Å². The normalized spacial score (nSPS) is 18.9. The van der Waals surface area contributed by atoms with E-state index in [-0.39, 0.29) is 5.54 Å². The smallest absolute Gasteiger partial charge is 0.0867 e. The molecule has 1 aliphatic heterocycles. The van der Waals surface area contributed by atoms with E-state index in [1.165, 1.54) is 11.1 Å². The second-order valence-electron chi connectivity index (χ2n) is 7.23. The Morgan fingerprint density at radius 1 is 0.889 bits per heavy atom. The molecular weight excluding hydrogens is 375 g/mol. The number of hydrogen-bond donors (Lipinski definition) is 1. The van der Waals surface area contributed by atoms with Gasteiger partial charge >= 0.3 is 0 Å². The topological polar surface area (TPSA) is 24.4 Å². The highest BCUT2D eigenvalue weighted by atomic mass is 35.5.